The van der Waals surface area contributed by atoms with E-state index in [4.69, 9.17) is 4.99 Å². The average Bonchev–Trinajstić information content (AvgIpc) is 2.67. The molecule has 102 valence electrons. The Morgan fingerprint density at radius 3 is 2.75 bits per heavy atom. The molecule has 1 aliphatic heterocycles. The fourth-order valence-corrected chi connectivity index (χ4v) is 2.44. The first kappa shape index (κ1) is 12.7. The van der Waals surface area contributed by atoms with Gasteiger partial charge in [0.25, 0.3) is 0 Å². The highest BCUT2D eigenvalue weighted by Gasteiger charge is 2.09. The Hall–Kier alpha value is -2.29. The Morgan fingerprint density at radius 2 is 1.85 bits per heavy atom. The van der Waals surface area contributed by atoms with Crippen molar-refractivity contribution >= 4 is 17.2 Å². The van der Waals surface area contributed by atoms with Crippen molar-refractivity contribution in [2.75, 3.05) is 5.43 Å². The van der Waals surface area contributed by atoms with Crippen LogP contribution in [0.2, 0.25) is 0 Å². The summed E-state index contributed by atoms with van der Waals surface area (Å²) in [5.74, 6) is 0.997. The molecule has 0 aliphatic carbocycles. The normalized spacial score (nSPS) is 13.9. The molecule has 0 unspecified atom stereocenters. The quantitative estimate of drug-likeness (QED) is 0.806. The predicted octanol–water partition coefficient (Wildman–Crippen LogP) is 3.98. The topological polar surface area (TPSA) is 36.4 Å². The minimum Gasteiger partial charge on any atom is -0.300 e. The van der Waals surface area contributed by atoms with Gasteiger partial charge in [-0.05, 0) is 49.1 Å². The summed E-state index contributed by atoms with van der Waals surface area (Å²) >= 11 is 0. The molecule has 3 rings (SSSR count). The van der Waals surface area contributed by atoms with Crippen molar-refractivity contribution in [2.24, 2.45) is 4.99 Å². The lowest BCUT2D eigenvalue weighted by Crippen LogP contribution is -2.29. The second kappa shape index (κ2) is 5.78. The Balaban J connectivity index is 1.73. The number of benzene rings is 2. The van der Waals surface area contributed by atoms with Gasteiger partial charge < -0.3 is 0 Å². The van der Waals surface area contributed by atoms with E-state index in [0.29, 0.717) is 0 Å². The third-order valence-electron chi connectivity index (χ3n) is 3.48. The van der Waals surface area contributed by atoms with Gasteiger partial charge >= 0.3 is 0 Å². The van der Waals surface area contributed by atoms with Gasteiger partial charge in [-0.25, -0.2) is 4.99 Å². The van der Waals surface area contributed by atoms with Crippen molar-refractivity contribution in [3.8, 4) is 0 Å². The summed E-state index contributed by atoms with van der Waals surface area (Å²) in [7, 11) is 0. The summed E-state index contributed by atoms with van der Waals surface area (Å²) in [5, 5.41) is 0. The van der Waals surface area contributed by atoms with Gasteiger partial charge in [-0.1, -0.05) is 30.3 Å². The molecule has 0 saturated carbocycles. The second-order valence-electron chi connectivity index (χ2n) is 5.16. The van der Waals surface area contributed by atoms with Crippen molar-refractivity contribution in [2.45, 2.75) is 26.2 Å². The van der Waals surface area contributed by atoms with Crippen LogP contribution in [-0.4, -0.2) is 5.84 Å². The molecular weight excluding hydrogens is 246 g/mol. The molecule has 1 aliphatic rings. The largest absolute Gasteiger partial charge is 0.300 e. The van der Waals surface area contributed by atoms with Gasteiger partial charge in [-0.2, -0.15) is 0 Å². The highest BCUT2D eigenvalue weighted by molar-refractivity contribution is 5.86. The number of rotatable bonds is 2. The summed E-state index contributed by atoms with van der Waals surface area (Å²) < 4.78 is 0. The molecule has 1 heterocycles. The van der Waals surface area contributed by atoms with Gasteiger partial charge in [0.1, 0.15) is 5.84 Å². The Kier molecular flexibility index (Phi) is 3.68. The van der Waals surface area contributed by atoms with Gasteiger partial charge in [-0.3, -0.25) is 10.9 Å². The van der Waals surface area contributed by atoms with Crippen LogP contribution in [0, 0.1) is 6.92 Å². The van der Waals surface area contributed by atoms with Crippen LogP contribution < -0.4 is 10.9 Å². The molecule has 0 radical (unpaired) electrons. The maximum absolute atomic E-state index is 4.72. The lowest BCUT2D eigenvalue weighted by molar-refractivity contribution is 0.858. The number of nitrogens with one attached hydrogen (secondary N) is 2. The maximum atomic E-state index is 4.72. The molecular formula is C17H19N3. The standard InChI is InChI=1S/C17H19N3/c1-13-6-4-9-15(12-13)19-20-17-11-5-8-14-7-2-3-10-16(14)18-17/h2-4,6-7,9-10,12,19H,5,8,11H2,1H3,(H,18,20). The number of nitrogens with zero attached hydrogens (tertiary/aromatic N) is 1. The average molecular weight is 265 g/mol. The van der Waals surface area contributed by atoms with Crippen LogP contribution >= 0.6 is 0 Å². The van der Waals surface area contributed by atoms with Crippen LogP contribution in [0.5, 0.6) is 0 Å². The zero-order valence-corrected chi connectivity index (χ0v) is 11.7. The summed E-state index contributed by atoms with van der Waals surface area (Å²) in [5.41, 5.74) is 11.2. The molecule has 2 aromatic rings. The fraction of sp³-hybridized carbons (Fsp3) is 0.235. The van der Waals surface area contributed by atoms with Crippen LogP contribution in [0.4, 0.5) is 11.4 Å². The number of hydrazine groups is 1. The highest BCUT2D eigenvalue weighted by Crippen LogP contribution is 2.24. The van der Waals surface area contributed by atoms with Crippen LogP contribution in [0.3, 0.4) is 0 Å². The van der Waals surface area contributed by atoms with Crippen molar-refractivity contribution in [1.82, 2.24) is 5.43 Å². The van der Waals surface area contributed by atoms with Gasteiger partial charge in [0.2, 0.25) is 0 Å². The molecule has 20 heavy (non-hydrogen) atoms. The summed E-state index contributed by atoms with van der Waals surface area (Å²) in [6.45, 7) is 2.09. The second-order valence-corrected chi connectivity index (χ2v) is 5.16. The molecule has 3 nitrogen and oxygen atoms in total. The van der Waals surface area contributed by atoms with Gasteiger partial charge in [0.05, 0.1) is 11.4 Å². The third-order valence-corrected chi connectivity index (χ3v) is 3.48. The molecule has 0 amide bonds. The molecule has 2 aromatic carbocycles. The SMILES string of the molecule is Cc1cccc(NNC2=Nc3ccccc3CCC2)c1. The molecule has 2 N–H and O–H groups in total. The van der Waals surface area contributed by atoms with Gasteiger partial charge in [0, 0.05) is 6.42 Å². The van der Waals surface area contributed by atoms with E-state index in [1.165, 1.54) is 11.1 Å². The molecule has 0 saturated heterocycles. The number of aryl methyl sites for hydroxylation is 2. The zero-order valence-electron chi connectivity index (χ0n) is 11.7. The van der Waals surface area contributed by atoms with E-state index in [9.17, 15) is 0 Å². The summed E-state index contributed by atoms with van der Waals surface area (Å²) in [4.78, 5) is 4.72. The van der Waals surface area contributed by atoms with E-state index >= 15 is 0 Å². The number of fused-ring (bicyclic) bond motifs is 1. The maximum Gasteiger partial charge on any atom is 0.121 e. The molecule has 0 atom stereocenters. The Bertz CT molecular complexity index is 632. The fourth-order valence-electron chi connectivity index (χ4n) is 2.44. The van der Waals surface area contributed by atoms with Crippen LogP contribution in [0.15, 0.2) is 53.5 Å². The number of amidine groups is 1. The van der Waals surface area contributed by atoms with E-state index in [2.05, 4.69) is 48.1 Å². The number of para-hydroxylation sites is 1. The predicted molar refractivity (Wildman–Crippen MR) is 84.4 cm³/mol. The summed E-state index contributed by atoms with van der Waals surface area (Å²) in [6, 6.07) is 16.7. The smallest absolute Gasteiger partial charge is 0.121 e. The number of hydrogen-bond acceptors (Lipinski definition) is 3. The first-order chi connectivity index (χ1) is 9.81. The lowest BCUT2D eigenvalue weighted by atomic mass is 10.1. The molecule has 0 aromatic heterocycles. The minimum atomic E-state index is 0.966. The number of hydrogen-bond donors (Lipinski definition) is 2. The number of anilines is 1. The summed E-state index contributed by atoms with van der Waals surface area (Å²) in [6.07, 6.45) is 3.18. The van der Waals surface area contributed by atoms with E-state index in [-0.39, 0.29) is 0 Å². The van der Waals surface area contributed by atoms with Gasteiger partial charge in [-0.15, -0.1) is 0 Å². The van der Waals surface area contributed by atoms with Crippen LogP contribution in [0.25, 0.3) is 0 Å². The van der Waals surface area contributed by atoms with E-state index in [0.717, 1.165) is 36.5 Å². The first-order valence-electron chi connectivity index (χ1n) is 7.05. The highest BCUT2D eigenvalue weighted by atomic mass is 15.4. The minimum absolute atomic E-state index is 0.966. The lowest BCUT2D eigenvalue weighted by Gasteiger charge is -2.11. The van der Waals surface area contributed by atoms with Crippen LogP contribution in [-0.2, 0) is 6.42 Å². The van der Waals surface area contributed by atoms with E-state index in [1.54, 1.807) is 0 Å². The van der Waals surface area contributed by atoms with Crippen molar-refractivity contribution in [1.29, 1.82) is 0 Å². The van der Waals surface area contributed by atoms with Gasteiger partial charge in [0.15, 0.2) is 0 Å². The molecule has 0 spiro atoms. The first-order valence-corrected chi connectivity index (χ1v) is 7.05. The third kappa shape index (κ3) is 2.99. The van der Waals surface area contributed by atoms with Crippen molar-refractivity contribution < 1.29 is 0 Å². The zero-order chi connectivity index (χ0) is 13.8. The van der Waals surface area contributed by atoms with Crippen molar-refractivity contribution in [3.63, 3.8) is 0 Å². The monoisotopic (exact) mass is 265 g/mol. The van der Waals surface area contributed by atoms with E-state index < -0.39 is 0 Å². The van der Waals surface area contributed by atoms with Crippen LogP contribution in [0.1, 0.15) is 24.0 Å². The molecule has 0 bridgehead atoms. The molecule has 3 heteroatoms. The van der Waals surface area contributed by atoms with Crippen molar-refractivity contribution in [3.05, 3.63) is 59.7 Å². The molecule has 0 fully saturated rings. The Labute approximate surface area is 119 Å². The number of aliphatic imine (C=N–C) groups is 1. The van der Waals surface area contributed by atoms with E-state index in [1.807, 2.05) is 18.2 Å². The Morgan fingerprint density at radius 1 is 0.950 bits per heavy atom.